The van der Waals surface area contributed by atoms with E-state index in [2.05, 4.69) is 9.97 Å². The number of amides is 1. The van der Waals surface area contributed by atoms with Gasteiger partial charge in [0.25, 0.3) is 5.91 Å². The molecular formula is C20H20F3N3O2. The van der Waals surface area contributed by atoms with Crippen LogP contribution in [-0.2, 0) is 6.18 Å². The number of aryl methyl sites for hydroxylation is 1. The molecule has 1 heterocycles. The zero-order chi connectivity index (χ0) is 21.1. The number of H-pyrrole nitrogens is 1. The van der Waals surface area contributed by atoms with Gasteiger partial charge in [0.05, 0.1) is 11.8 Å². The number of halogens is 3. The molecule has 4 N–H and O–H groups in total. The van der Waals surface area contributed by atoms with E-state index >= 15 is 0 Å². The number of benzene rings is 2. The van der Waals surface area contributed by atoms with Crippen molar-refractivity contribution in [2.24, 2.45) is 5.73 Å². The zero-order valence-electron chi connectivity index (χ0n) is 15.6. The van der Waals surface area contributed by atoms with Crippen LogP contribution in [0.4, 0.5) is 13.2 Å². The van der Waals surface area contributed by atoms with Crippen LogP contribution in [0.3, 0.4) is 0 Å². The van der Waals surface area contributed by atoms with Crippen molar-refractivity contribution < 1.29 is 23.1 Å². The minimum absolute atomic E-state index is 0.117. The second-order valence-corrected chi connectivity index (χ2v) is 5.77. The maximum Gasteiger partial charge on any atom is 0.416 e. The lowest BCUT2D eigenvalue weighted by Crippen LogP contribution is -2.12. The summed E-state index contributed by atoms with van der Waals surface area (Å²) in [5.74, 6) is -1.01. The van der Waals surface area contributed by atoms with Gasteiger partial charge < -0.3 is 15.8 Å². The highest BCUT2D eigenvalue weighted by atomic mass is 19.4. The molecule has 0 aliphatic rings. The number of nitrogens with one attached hydrogen (secondary N) is 1. The average Bonchev–Trinajstić information content (AvgIpc) is 2.72. The van der Waals surface area contributed by atoms with E-state index in [4.69, 9.17) is 5.73 Å². The van der Waals surface area contributed by atoms with Crippen LogP contribution >= 0.6 is 0 Å². The van der Waals surface area contributed by atoms with Crippen LogP contribution in [0.5, 0.6) is 5.75 Å². The van der Waals surface area contributed by atoms with Gasteiger partial charge in [-0.05, 0) is 48.2 Å². The van der Waals surface area contributed by atoms with Crippen molar-refractivity contribution in [1.29, 1.82) is 0 Å². The zero-order valence-corrected chi connectivity index (χ0v) is 15.6. The number of aromatic amines is 1. The van der Waals surface area contributed by atoms with E-state index in [0.29, 0.717) is 10.9 Å². The minimum Gasteiger partial charge on any atom is -0.506 e. The molecule has 8 heteroatoms. The Morgan fingerprint density at radius 1 is 1.14 bits per heavy atom. The monoisotopic (exact) mass is 391 g/mol. The number of fused-ring (bicyclic) bond motifs is 2. The van der Waals surface area contributed by atoms with Gasteiger partial charge in [0.1, 0.15) is 17.0 Å². The third kappa shape index (κ3) is 4.33. The van der Waals surface area contributed by atoms with Crippen molar-refractivity contribution in [2.45, 2.75) is 26.9 Å². The van der Waals surface area contributed by atoms with Crippen molar-refractivity contribution in [1.82, 2.24) is 9.97 Å². The molecule has 2 aromatic carbocycles. The Morgan fingerprint density at radius 3 is 2.43 bits per heavy atom. The van der Waals surface area contributed by atoms with Gasteiger partial charge in [-0.15, -0.1) is 0 Å². The van der Waals surface area contributed by atoms with Gasteiger partial charge in [-0.3, -0.25) is 4.79 Å². The number of hydrogen-bond donors (Lipinski definition) is 3. The summed E-state index contributed by atoms with van der Waals surface area (Å²) < 4.78 is 39.3. The topological polar surface area (TPSA) is 92.0 Å². The Labute approximate surface area is 159 Å². The normalized spacial score (nSPS) is 10.9. The van der Waals surface area contributed by atoms with Crippen molar-refractivity contribution in [3.8, 4) is 5.75 Å². The molecule has 0 aliphatic heterocycles. The number of hydrogen-bond acceptors (Lipinski definition) is 3. The highest BCUT2D eigenvalue weighted by Gasteiger charge is 2.30. The smallest absolute Gasteiger partial charge is 0.416 e. The van der Waals surface area contributed by atoms with Gasteiger partial charge in [-0.1, -0.05) is 19.9 Å². The summed E-state index contributed by atoms with van der Waals surface area (Å²) in [6.45, 7) is 5.74. The summed E-state index contributed by atoms with van der Waals surface area (Å²) in [4.78, 5) is 18.4. The first kappa shape index (κ1) is 21.0. The van der Waals surface area contributed by atoms with Crippen molar-refractivity contribution in [3.63, 3.8) is 0 Å². The molecule has 1 aromatic heterocycles. The van der Waals surface area contributed by atoms with E-state index in [-0.39, 0.29) is 27.9 Å². The Morgan fingerprint density at radius 2 is 1.82 bits per heavy atom. The Kier molecular flexibility index (Phi) is 6.12. The highest BCUT2D eigenvalue weighted by Crippen LogP contribution is 2.32. The van der Waals surface area contributed by atoms with Crippen molar-refractivity contribution in [2.75, 3.05) is 0 Å². The average molecular weight is 391 g/mol. The molecule has 0 atom stereocenters. The van der Waals surface area contributed by atoms with Crippen LogP contribution in [0.25, 0.3) is 21.8 Å². The van der Waals surface area contributed by atoms with Crippen LogP contribution in [0, 0.1) is 6.92 Å². The van der Waals surface area contributed by atoms with E-state index in [1.807, 2.05) is 13.8 Å². The summed E-state index contributed by atoms with van der Waals surface area (Å²) in [5.41, 5.74) is 5.43. The summed E-state index contributed by atoms with van der Waals surface area (Å²) >= 11 is 0. The fourth-order valence-electron chi connectivity index (χ4n) is 2.57. The molecule has 0 aliphatic carbocycles. The maximum atomic E-state index is 13.1. The molecular weight excluding hydrogens is 371 g/mol. The fraction of sp³-hybridized carbons (Fsp3) is 0.200. The Hall–Kier alpha value is -3.29. The molecule has 1 amide bonds. The fourth-order valence-corrected chi connectivity index (χ4v) is 2.57. The van der Waals surface area contributed by atoms with Crippen LogP contribution < -0.4 is 5.73 Å². The minimum atomic E-state index is -4.52. The number of primary amides is 1. The van der Waals surface area contributed by atoms with Crippen LogP contribution in [0.15, 0.2) is 42.6 Å². The number of aromatic hydroxyl groups is 1. The molecule has 5 nitrogen and oxygen atoms in total. The molecule has 0 spiro atoms. The molecule has 0 saturated carbocycles. The largest absolute Gasteiger partial charge is 0.506 e. The third-order valence-corrected chi connectivity index (χ3v) is 3.95. The van der Waals surface area contributed by atoms with Crippen LogP contribution in [0.2, 0.25) is 0 Å². The Bertz CT molecular complexity index is 1090. The summed E-state index contributed by atoms with van der Waals surface area (Å²) in [6.07, 6.45) is -3.38. The highest BCUT2D eigenvalue weighted by molar-refractivity contribution is 5.95. The Balaban J connectivity index is 0.00000136. The number of phenols is 1. The third-order valence-electron chi connectivity index (χ3n) is 3.95. The molecule has 0 unspecified atom stereocenters. The first-order valence-electron chi connectivity index (χ1n) is 8.53. The second-order valence-electron chi connectivity index (χ2n) is 5.77. The van der Waals surface area contributed by atoms with E-state index in [0.717, 1.165) is 18.3 Å². The van der Waals surface area contributed by atoms with E-state index in [1.165, 1.54) is 18.2 Å². The number of phenolic OH excluding ortho intramolecular Hbond substituents is 1. The van der Waals surface area contributed by atoms with Gasteiger partial charge in [0, 0.05) is 10.9 Å². The first-order chi connectivity index (χ1) is 13.2. The van der Waals surface area contributed by atoms with E-state index in [1.54, 1.807) is 13.0 Å². The summed E-state index contributed by atoms with van der Waals surface area (Å²) in [7, 11) is 0. The molecule has 148 valence electrons. The standard InChI is InChI=1S/C18H14F3N3O2.C2H6/c1-9-2-5-15(25)16-12(9)7-10-6-11(18(19,20)21)3-4-13(10)24-14(8-23-16)17(22)26;1-2/h2-8,24-25H,1H3,(H2,22,26);1-2H3. The number of nitrogens with two attached hydrogens (primary N) is 1. The molecule has 28 heavy (non-hydrogen) atoms. The molecule has 0 bridgehead atoms. The van der Waals surface area contributed by atoms with Gasteiger partial charge in [-0.25, -0.2) is 4.98 Å². The van der Waals surface area contributed by atoms with Crippen LogP contribution in [0.1, 0.15) is 35.5 Å². The lowest BCUT2D eigenvalue weighted by atomic mass is 10.1. The predicted molar refractivity (Wildman–Crippen MR) is 102 cm³/mol. The molecule has 3 rings (SSSR count). The van der Waals surface area contributed by atoms with E-state index < -0.39 is 17.6 Å². The maximum absolute atomic E-state index is 13.1. The quantitative estimate of drug-likeness (QED) is 0.545. The van der Waals surface area contributed by atoms with E-state index in [9.17, 15) is 23.1 Å². The molecule has 3 aromatic rings. The number of rotatable bonds is 1. The van der Waals surface area contributed by atoms with Gasteiger partial charge in [0.15, 0.2) is 0 Å². The van der Waals surface area contributed by atoms with Gasteiger partial charge in [0.2, 0.25) is 0 Å². The molecule has 0 fully saturated rings. The summed E-state index contributed by atoms with van der Waals surface area (Å²) in [6, 6.07) is 7.60. The lowest BCUT2D eigenvalue weighted by molar-refractivity contribution is -0.137. The number of carbonyl (C=O) groups excluding carboxylic acids is 1. The van der Waals surface area contributed by atoms with Gasteiger partial charge in [-0.2, -0.15) is 13.2 Å². The number of carbonyl (C=O) groups is 1. The number of nitrogens with zero attached hydrogens (tertiary/aromatic N) is 1. The SMILES string of the molecule is CC.Cc1ccc(O)c2ncc(C(N)=O)[nH]c3ccc(C(F)(F)F)cc3cc12. The van der Waals surface area contributed by atoms with Crippen LogP contribution in [-0.4, -0.2) is 21.0 Å². The predicted octanol–water partition coefficient (Wildman–Crippen LogP) is 5.00. The van der Waals surface area contributed by atoms with Crippen molar-refractivity contribution in [3.05, 3.63) is 59.4 Å². The first-order valence-corrected chi connectivity index (χ1v) is 8.53. The van der Waals surface area contributed by atoms with Crippen molar-refractivity contribution >= 4 is 27.7 Å². The molecule has 0 radical (unpaired) electrons. The number of alkyl halides is 3. The lowest BCUT2D eigenvalue weighted by Gasteiger charge is -2.07. The molecule has 0 saturated heterocycles. The second kappa shape index (κ2) is 8.16. The summed E-state index contributed by atoms with van der Waals surface area (Å²) in [5, 5.41) is 10.7. The number of aromatic nitrogens is 2. The van der Waals surface area contributed by atoms with Gasteiger partial charge >= 0.3 is 6.18 Å².